The first-order chi connectivity index (χ1) is 18.0. The number of anilines is 2. The van der Waals surface area contributed by atoms with Crippen LogP contribution in [0.25, 0.3) is 10.2 Å². The standard InChI is InChI=1S/C28H34N6O3S/c1-15-10-19(27(37)34-23(15)20(35)12-28(34,3)4)31-24-22-18-7-6-17(11-21(18)38-25(22)30-14-29-24)26(36)33-9-8-32(5)16(2)13-33/h10,14,16-17H,6-9,11-13H2,1-5H3,(H,29,30,31)/t16-,17+/m1/s1. The van der Waals surface area contributed by atoms with Crippen molar-refractivity contribution in [3.63, 3.8) is 0 Å². The molecule has 0 aromatic carbocycles. The third-order valence-electron chi connectivity index (χ3n) is 8.57. The number of ketones is 1. The maximum Gasteiger partial charge on any atom is 0.275 e. The number of thiophene rings is 1. The minimum absolute atomic E-state index is 0.00242. The highest BCUT2D eigenvalue weighted by molar-refractivity contribution is 7.19. The van der Waals surface area contributed by atoms with Crippen LogP contribution in [0, 0.1) is 12.8 Å². The largest absolute Gasteiger partial charge is 0.340 e. The van der Waals surface area contributed by atoms with E-state index in [1.54, 1.807) is 22.0 Å². The van der Waals surface area contributed by atoms with E-state index in [-0.39, 0.29) is 23.2 Å². The molecule has 1 N–H and O–H groups in total. The highest BCUT2D eigenvalue weighted by Gasteiger charge is 2.39. The normalized spacial score (nSPS) is 23.0. The van der Waals surface area contributed by atoms with Crippen molar-refractivity contribution in [2.45, 2.75) is 65.0 Å². The fourth-order valence-electron chi connectivity index (χ4n) is 6.36. The molecular formula is C28H34N6O3S. The van der Waals surface area contributed by atoms with Crippen LogP contribution in [0.4, 0.5) is 11.5 Å². The van der Waals surface area contributed by atoms with Gasteiger partial charge in [0, 0.05) is 42.9 Å². The minimum atomic E-state index is -0.572. The van der Waals surface area contributed by atoms with Gasteiger partial charge in [0.2, 0.25) is 5.91 Å². The van der Waals surface area contributed by atoms with Crippen molar-refractivity contribution in [2.75, 3.05) is 32.0 Å². The van der Waals surface area contributed by atoms with Gasteiger partial charge in [-0.15, -0.1) is 11.3 Å². The summed E-state index contributed by atoms with van der Waals surface area (Å²) >= 11 is 1.62. The van der Waals surface area contributed by atoms with E-state index in [1.165, 1.54) is 16.8 Å². The Hall–Kier alpha value is -3.11. The van der Waals surface area contributed by atoms with Crippen LogP contribution in [0.1, 0.15) is 60.1 Å². The molecule has 0 unspecified atom stereocenters. The summed E-state index contributed by atoms with van der Waals surface area (Å²) in [6.45, 7) is 10.4. The first-order valence-electron chi connectivity index (χ1n) is 13.4. The molecular weight excluding hydrogens is 500 g/mol. The summed E-state index contributed by atoms with van der Waals surface area (Å²) in [6, 6.07) is 2.13. The van der Waals surface area contributed by atoms with Crippen molar-refractivity contribution in [2.24, 2.45) is 5.92 Å². The fourth-order valence-corrected chi connectivity index (χ4v) is 7.63. The number of pyridine rings is 1. The summed E-state index contributed by atoms with van der Waals surface area (Å²) in [5.74, 6) is 0.850. The SMILES string of the molecule is Cc1cc(Nc2ncnc3sc4c(c23)CC[C@H](C(=O)N2CCN(C)[C@H](C)C2)C4)c(=O)n2c1C(=O)CC2(C)C. The Kier molecular flexibility index (Phi) is 5.95. The van der Waals surface area contributed by atoms with Crippen LogP contribution in [0.2, 0.25) is 0 Å². The number of piperazine rings is 1. The van der Waals surface area contributed by atoms with Crippen molar-refractivity contribution in [1.82, 2.24) is 24.3 Å². The molecule has 38 heavy (non-hydrogen) atoms. The average Bonchev–Trinajstić information content (AvgIpc) is 3.36. The summed E-state index contributed by atoms with van der Waals surface area (Å²) in [6.07, 6.45) is 4.12. The monoisotopic (exact) mass is 534 g/mol. The maximum absolute atomic E-state index is 13.5. The first-order valence-corrected chi connectivity index (χ1v) is 14.2. The second-order valence-corrected chi connectivity index (χ2v) is 12.8. The van der Waals surface area contributed by atoms with Gasteiger partial charge in [0.15, 0.2) is 5.78 Å². The zero-order valence-corrected chi connectivity index (χ0v) is 23.4. The van der Waals surface area contributed by atoms with Gasteiger partial charge in [-0.3, -0.25) is 19.0 Å². The topological polar surface area (TPSA) is 100 Å². The number of likely N-dealkylation sites (N-methyl/N-ethyl adjacent to an activating group) is 1. The van der Waals surface area contributed by atoms with Gasteiger partial charge in [-0.1, -0.05) is 0 Å². The highest BCUT2D eigenvalue weighted by atomic mass is 32.1. The summed E-state index contributed by atoms with van der Waals surface area (Å²) in [5, 5.41) is 4.24. The Morgan fingerprint density at radius 1 is 1.21 bits per heavy atom. The number of hydrogen-bond acceptors (Lipinski definition) is 8. The summed E-state index contributed by atoms with van der Waals surface area (Å²) in [7, 11) is 2.11. The maximum atomic E-state index is 13.5. The number of carbonyl (C=O) groups excluding carboxylic acids is 2. The molecule has 1 aliphatic carbocycles. The van der Waals surface area contributed by atoms with Gasteiger partial charge in [-0.2, -0.15) is 0 Å². The molecule has 5 heterocycles. The number of carbonyl (C=O) groups is 2. The lowest BCUT2D eigenvalue weighted by Crippen LogP contribution is -2.53. The number of rotatable bonds is 3. The predicted molar refractivity (Wildman–Crippen MR) is 149 cm³/mol. The van der Waals surface area contributed by atoms with Gasteiger partial charge in [0.1, 0.15) is 22.7 Å². The van der Waals surface area contributed by atoms with Crippen LogP contribution in [0.15, 0.2) is 17.2 Å². The molecule has 0 saturated carbocycles. The zero-order valence-electron chi connectivity index (χ0n) is 22.6. The molecule has 3 aromatic rings. The molecule has 10 heteroatoms. The molecule has 0 spiro atoms. The molecule has 3 aromatic heterocycles. The van der Waals surface area contributed by atoms with E-state index in [0.717, 1.165) is 48.3 Å². The zero-order chi connectivity index (χ0) is 26.9. The Morgan fingerprint density at radius 3 is 2.76 bits per heavy atom. The van der Waals surface area contributed by atoms with Crippen LogP contribution in [0.5, 0.6) is 0 Å². The van der Waals surface area contributed by atoms with Crippen molar-refractivity contribution < 1.29 is 9.59 Å². The molecule has 3 aliphatic rings. The number of aromatic nitrogens is 3. The number of fused-ring (bicyclic) bond motifs is 4. The van der Waals surface area contributed by atoms with Crippen LogP contribution in [-0.4, -0.2) is 68.7 Å². The van der Waals surface area contributed by atoms with E-state index in [4.69, 9.17) is 0 Å². The third kappa shape index (κ3) is 3.96. The molecule has 1 amide bonds. The Bertz CT molecular complexity index is 1540. The second kappa shape index (κ2) is 8.98. The predicted octanol–water partition coefficient (Wildman–Crippen LogP) is 3.49. The molecule has 2 atom stereocenters. The Labute approximate surface area is 225 Å². The van der Waals surface area contributed by atoms with Crippen LogP contribution in [-0.2, 0) is 23.2 Å². The molecule has 200 valence electrons. The quantitative estimate of drug-likeness (QED) is 0.549. The van der Waals surface area contributed by atoms with E-state index >= 15 is 0 Å². The summed E-state index contributed by atoms with van der Waals surface area (Å²) in [5.41, 5.74) is 2.07. The fraction of sp³-hybridized carbons (Fsp3) is 0.536. The number of Topliss-reactive ketones (excluding diaryl/α,β-unsaturated/α-hetero) is 1. The number of amides is 1. The van der Waals surface area contributed by atoms with Gasteiger partial charge >= 0.3 is 0 Å². The number of nitrogens with zero attached hydrogens (tertiary/aromatic N) is 5. The lowest BCUT2D eigenvalue weighted by atomic mass is 9.86. The van der Waals surface area contributed by atoms with E-state index < -0.39 is 5.54 Å². The van der Waals surface area contributed by atoms with Crippen LogP contribution < -0.4 is 10.9 Å². The molecule has 2 aliphatic heterocycles. The number of aryl methyl sites for hydroxylation is 2. The van der Waals surface area contributed by atoms with Gasteiger partial charge in [0.25, 0.3) is 5.56 Å². The van der Waals surface area contributed by atoms with E-state index in [0.29, 0.717) is 36.1 Å². The lowest BCUT2D eigenvalue weighted by molar-refractivity contribution is -0.138. The number of hydrogen-bond donors (Lipinski definition) is 1. The molecule has 0 radical (unpaired) electrons. The van der Waals surface area contributed by atoms with Crippen molar-refractivity contribution in [3.8, 4) is 0 Å². The van der Waals surface area contributed by atoms with Gasteiger partial charge in [-0.25, -0.2) is 9.97 Å². The summed E-state index contributed by atoms with van der Waals surface area (Å²) in [4.78, 5) is 55.0. The molecule has 1 fully saturated rings. The van der Waals surface area contributed by atoms with Gasteiger partial charge in [-0.05, 0) is 71.2 Å². The van der Waals surface area contributed by atoms with Gasteiger partial charge < -0.3 is 15.1 Å². The third-order valence-corrected chi connectivity index (χ3v) is 9.74. The van der Waals surface area contributed by atoms with Gasteiger partial charge in [0.05, 0.1) is 16.6 Å². The first kappa shape index (κ1) is 25.2. The molecule has 6 rings (SSSR count). The number of nitrogens with one attached hydrogen (secondary N) is 1. The second-order valence-electron chi connectivity index (χ2n) is 11.7. The van der Waals surface area contributed by atoms with Crippen molar-refractivity contribution in [1.29, 1.82) is 0 Å². The van der Waals surface area contributed by atoms with E-state index in [1.807, 2.05) is 25.7 Å². The minimum Gasteiger partial charge on any atom is -0.340 e. The highest BCUT2D eigenvalue weighted by Crippen LogP contribution is 2.41. The average molecular weight is 535 g/mol. The Morgan fingerprint density at radius 2 is 2.00 bits per heavy atom. The molecule has 1 saturated heterocycles. The lowest BCUT2D eigenvalue weighted by Gasteiger charge is -2.39. The van der Waals surface area contributed by atoms with E-state index in [9.17, 15) is 14.4 Å². The van der Waals surface area contributed by atoms with E-state index in [2.05, 4.69) is 34.2 Å². The van der Waals surface area contributed by atoms with Crippen LogP contribution >= 0.6 is 11.3 Å². The molecule has 9 nitrogen and oxygen atoms in total. The van der Waals surface area contributed by atoms with Crippen molar-refractivity contribution in [3.05, 3.63) is 44.4 Å². The smallest absolute Gasteiger partial charge is 0.275 e. The van der Waals surface area contributed by atoms with Crippen LogP contribution in [0.3, 0.4) is 0 Å². The molecule has 0 bridgehead atoms. The Balaban J connectivity index is 1.31. The van der Waals surface area contributed by atoms with Crippen molar-refractivity contribution >= 4 is 44.7 Å². The summed E-state index contributed by atoms with van der Waals surface area (Å²) < 4.78 is 1.63.